The molecular weight excluding hydrogens is 412 g/mol. The molecule has 0 atom stereocenters. The largest absolute Gasteiger partial charge is 0.673 e. The average molecular weight is 414 g/mol. The molecule has 0 aliphatic rings. The number of alkyl halides is 10. The van der Waals surface area contributed by atoms with Gasteiger partial charge in [-0.05, 0) is 0 Å². The average Bonchev–Trinajstić information content (AvgIpc) is 2.08. The van der Waals surface area contributed by atoms with Crippen molar-refractivity contribution in [1.29, 1.82) is 0 Å². The van der Waals surface area contributed by atoms with Crippen LogP contribution >= 0.6 is 0 Å². The first kappa shape index (κ1) is 30.7. The molecule has 0 N–H and O–H groups in total. The zero-order valence-electron chi connectivity index (χ0n) is 10.1. The third kappa shape index (κ3) is 69.7. The molecule has 0 aromatic rings. The van der Waals surface area contributed by atoms with Crippen LogP contribution in [0.15, 0.2) is 0 Å². The van der Waals surface area contributed by atoms with Crippen LogP contribution in [0.4, 0.5) is 78.4 Å². The van der Waals surface area contributed by atoms with E-state index in [1.165, 1.54) is 0 Å². The first-order valence-electron chi connectivity index (χ1n) is 4.33. The minimum Gasteiger partial charge on any atom is -0.418 e. The Labute approximate surface area is 120 Å². The Kier molecular flexibility index (Phi) is 14.6. The van der Waals surface area contributed by atoms with Crippen LogP contribution in [-0.4, -0.2) is 39.7 Å². The van der Waals surface area contributed by atoms with E-state index >= 15 is 0 Å². The molecule has 0 aliphatic heterocycles. The summed E-state index contributed by atoms with van der Waals surface area (Å²) < 4.78 is 182. The number of hydrogen-bond donors (Lipinski definition) is 0. The molecule has 0 radical (unpaired) electrons. The van der Waals surface area contributed by atoms with Gasteiger partial charge in [0.25, 0.3) is 0 Å². The fourth-order valence-electron chi connectivity index (χ4n) is 0. The van der Waals surface area contributed by atoms with Gasteiger partial charge in [-0.3, -0.25) is 0 Å². The zero-order valence-corrected chi connectivity index (χ0v) is 10.1. The SMILES string of the molecule is FC(F)C(F)(F)F.FC(F)C(F)(F)F.F[B-](F)(F)F.F[B-](F)(F)F. The molecular formula is C4H2B2F18-2. The standard InChI is InChI=1S/2C2HF5.2BF4/c2*3-1(4)2(5,6)7;2*2-1(3,4)5/h2*1H;;/q;;2*-1. The Morgan fingerprint density at radius 1 is 0.417 bits per heavy atom. The van der Waals surface area contributed by atoms with Gasteiger partial charge in [0.1, 0.15) is 0 Å². The summed E-state index contributed by atoms with van der Waals surface area (Å²) in [4.78, 5) is 0. The maximum Gasteiger partial charge on any atom is 0.673 e. The van der Waals surface area contributed by atoms with Gasteiger partial charge in [-0.15, -0.1) is 0 Å². The molecule has 0 saturated heterocycles. The van der Waals surface area contributed by atoms with Crippen LogP contribution in [0.25, 0.3) is 0 Å². The number of halogens is 18. The highest BCUT2D eigenvalue weighted by Crippen LogP contribution is 2.23. The van der Waals surface area contributed by atoms with E-state index in [1.54, 1.807) is 0 Å². The molecule has 0 aliphatic carbocycles. The minimum atomic E-state index is -6.00. The van der Waals surface area contributed by atoms with Crippen molar-refractivity contribution in [2.45, 2.75) is 25.2 Å². The van der Waals surface area contributed by atoms with Crippen molar-refractivity contribution >= 4 is 14.5 Å². The van der Waals surface area contributed by atoms with Crippen LogP contribution in [0.5, 0.6) is 0 Å². The lowest BCUT2D eigenvalue weighted by Gasteiger charge is -2.00. The molecule has 0 saturated carbocycles. The molecule has 0 fully saturated rings. The van der Waals surface area contributed by atoms with Gasteiger partial charge < -0.3 is 34.5 Å². The van der Waals surface area contributed by atoms with E-state index in [1.807, 2.05) is 0 Å². The van der Waals surface area contributed by atoms with Crippen molar-refractivity contribution in [3.8, 4) is 0 Å². The van der Waals surface area contributed by atoms with Crippen molar-refractivity contribution in [2.24, 2.45) is 0 Å². The molecule has 0 unspecified atom stereocenters. The summed E-state index contributed by atoms with van der Waals surface area (Å²) >= 11 is 0. The lowest BCUT2D eigenvalue weighted by Crippen LogP contribution is -2.18. The lowest BCUT2D eigenvalue weighted by molar-refractivity contribution is -0.219. The Morgan fingerprint density at radius 3 is 0.458 bits per heavy atom. The Bertz CT molecular complexity index is 235. The molecule has 0 bridgehead atoms. The highest BCUT2D eigenvalue weighted by atomic mass is 19.5. The van der Waals surface area contributed by atoms with Crippen LogP contribution in [0.1, 0.15) is 0 Å². The van der Waals surface area contributed by atoms with E-state index in [4.69, 9.17) is 0 Å². The molecule has 0 rings (SSSR count). The van der Waals surface area contributed by atoms with Crippen molar-refractivity contribution < 1.29 is 78.4 Å². The van der Waals surface area contributed by atoms with Gasteiger partial charge in [-0.1, -0.05) is 0 Å². The predicted molar refractivity (Wildman–Crippen MR) is 44.5 cm³/mol. The molecule has 0 aromatic heterocycles. The van der Waals surface area contributed by atoms with E-state index in [-0.39, 0.29) is 0 Å². The highest BCUT2D eigenvalue weighted by Gasteiger charge is 2.40. The summed E-state index contributed by atoms with van der Waals surface area (Å²) in [5.41, 5.74) is 0. The second kappa shape index (κ2) is 11.4. The van der Waals surface area contributed by atoms with Crippen LogP contribution in [0.2, 0.25) is 0 Å². The maximum atomic E-state index is 10.4. The van der Waals surface area contributed by atoms with Gasteiger partial charge in [0, 0.05) is 0 Å². The van der Waals surface area contributed by atoms with Gasteiger partial charge in [-0.25, -0.2) is 17.6 Å². The molecule has 20 heteroatoms. The molecule has 152 valence electrons. The molecule has 24 heavy (non-hydrogen) atoms. The molecule has 0 aromatic carbocycles. The first-order chi connectivity index (χ1) is 9.89. The van der Waals surface area contributed by atoms with Crippen molar-refractivity contribution in [3.05, 3.63) is 0 Å². The van der Waals surface area contributed by atoms with Gasteiger partial charge in [0.15, 0.2) is 0 Å². The predicted octanol–water partition coefficient (Wildman–Crippen LogP) is 6.23. The van der Waals surface area contributed by atoms with Gasteiger partial charge in [-0.2, -0.15) is 26.3 Å². The van der Waals surface area contributed by atoms with Gasteiger partial charge in [0.2, 0.25) is 0 Å². The van der Waals surface area contributed by atoms with E-state index in [2.05, 4.69) is 0 Å². The Hall–Kier alpha value is -1.13. The van der Waals surface area contributed by atoms with Gasteiger partial charge in [0.05, 0.1) is 0 Å². The van der Waals surface area contributed by atoms with E-state index in [0.717, 1.165) is 0 Å². The fourth-order valence-corrected chi connectivity index (χ4v) is 0. The Morgan fingerprint density at radius 2 is 0.458 bits per heavy atom. The second-order valence-corrected chi connectivity index (χ2v) is 2.67. The molecule has 0 nitrogen and oxygen atoms in total. The van der Waals surface area contributed by atoms with Gasteiger partial charge >= 0.3 is 39.7 Å². The zero-order chi connectivity index (χ0) is 21.2. The fraction of sp³-hybridized carbons (Fsp3) is 1.00. The molecule has 0 heterocycles. The van der Waals surface area contributed by atoms with Crippen molar-refractivity contribution in [3.63, 3.8) is 0 Å². The summed E-state index contributed by atoms with van der Waals surface area (Å²) in [6, 6.07) is 0. The van der Waals surface area contributed by atoms with Crippen LogP contribution in [0.3, 0.4) is 0 Å². The van der Waals surface area contributed by atoms with Crippen molar-refractivity contribution in [1.82, 2.24) is 0 Å². The number of hydrogen-bond acceptors (Lipinski definition) is 0. The van der Waals surface area contributed by atoms with Crippen molar-refractivity contribution in [2.75, 3.05) is 0 Å². The smallest absolute Gasteiger partial charge is 0.418 e. The van der Waals surface area contributed by atoms with Crippen LogP contribution in [0, 0.1) is 0 Å². The summed E-state index contributed by atoms with van der Waals surface area (Å²) in [5.74, 6) is 0. The van der Waals surface area contributed by atoms with Crippen LogP contribution < -0.4 is 0 Å². The Balaban J connectivity index is -0.000000113. The summed E-state index contributed by atoms with van der Waals surface area (Å²) in [6.45, 7) is 0. The second-order valence-electron chi connectivity index (χ2n) is 2.67. The lowest BCUT2D eigenvalue weighted by atomic mass is 10.3. The summed E-state index contributed by atoms with van der Waals surface area (Å²) in [6.07, 6.45) is -19.1. The third-order valence-electron chi connectivity index (χ3n) is 0.495. The summed E-state index contributed by atoms with van der Waals surface area (Å²) in [5, 5.41) is 0. The highest BCUT2D eigenvalue weighted by molar-refractivity contribution is 6.50. The minimum absolute atomic E-state index is 4.20. The van der Waals surface area contributed by atoms with E-state index in [9.17, 15) is 78.4 Å². The van der Waals surface area contributed by atoms with Crippen LogP contribution in [-0.2, 0) is 0 Å². The third-order valence-corrected chi connectivity index (χ3v) is 0.495. The number of rotatable bonds is 0. The normalized spacial score (nSPS) is 12.5. The molecule has 0 spiro atoms. The maximum absolute atomic E-state index is 10.4. The quantitative estimate of drug-likeness (QED) is 0.326. The van der Waals surface area contributed by atoms with E-state index in [0.29, 0.717) is 0 Å². The topological polar surface area (TPSA) is 0 Å². The summed E-state index contributed by atoms with van der Waals surface area (Å²) in [7, 11) is -12.0. The molecule has 0 amide bonds. The van der Waals surface area contributed by atoms with E-state index < -0.39 is 39.7 Å². The monoisotopic (exact) mass is 414 g/mol. The first-order valence-corrected chi connectivity index (χ1v) is 4.33.